The maximum Gasteiger partial charge on any atom is 0.232 e. The largest absolute Gasteiger partial charge is 0.480 e. The Kier molecular flexibility index (Phi) is 4.40. The van der Waals surface area contributed by atoms with Crippen LogP contribution in [-0.2, 0) is 17.9 Å². The second-order valence-corrected chi connectivity index (χ2v) is 7.18. The summed E-state index contributed by atoms with van der Waals surface area (Å²) in [6.45, 7) is 4.75. The number of carbonyl (C=O) groups excluding carboxylic acids is 1. The second-order valence-electron chi connectivity index (χ2n) is 6.81. The molecular formula is C18H20ClN5O2. The number of anilines is 1. The van der Waals surface area contributed by atoms with Crippen LogP contribution in [0.5, 0.6) is 5.88 Å². The Morgan fingerprint density at radius 2 is 2.04 bits per heavy atom. The molecule has 0 atom stereocenters. The molecule has 0 spiro atoms. The summed E-state index contributed by atoms with van der Waals surface area (Å²) in [7, 11) is 1.55. The molecule has 0 N–H and O–H groups in total. The van der Waals surface area contributed by atoms with Gasteiger partial charge in [0.05, 0.1) is 37.4 Å². The van der Waals surface area contributed by atoms with Crippen LogP contribution >= 0.6 is 11.6 Å². The van der Waals surface area contributed by atoms with Gasteiger partial charge >= 0.3 is 0 Å². The number of fused-ring (bicyclic) bond motifs is 1. The molecule has 0 saturated carbocycles. The summed E-state index contributed by atoms with van der Waals surface area (Å²) in [6, 6.07) is 0. The van der Waals surface area contributed by atoms with E-state index in [-0.39, 0.29) is 5.91 Å². The van der Waals surface area contributed by atoms with Crippen molar-refractivity contribution in [3.8, 4) is 5.88 Å². The van der Waals surface area contributed by atoms with Crippen LogP contribution < -0.4 is 9.64 Å². The van der Waals surface area contributed by atoms with Crippen molar-refractivity contribution in [1.29, 1.82) is 0 Å². The average molecular weight is 374 g/mol. The average Bonchev–Trinajstić information content (AvgIpc) is 3.06. The van der Waals surface area contributed by atoms with Gasteiger partial charge in [-0.3, -0.25) is 4.79 Å². The molecular weight excluding hydrogens is 354 g/mol. The van der Waals surface area contributed by atoms with E-state index in [9.17, 15) is 4.79 Å². The zero-order valence-corrected chi connectivity index (χ0v) is 15.5. The van der Waals surface area contributed by atoms with Gasteiger partial charge in [-0.1, -0.05) is 11.6 Å². The highest BCUT2D eigenvalue weighted by atomic mass is 35.5. The summed E-state index contributed by atoms with van der Waals surface area (Å²) >= 11 is 6.29. The molecule has 0 aromatic carbocycles. The van der Waals surface area contributed by atoms with Crippen LogP contribution in [0.15, 0.2) is 18.7 Å². The number of aromatic nitrogens is 3. The lowest BCUT2D eigenvalue weighted by atomic mass is 9.95. The van der Waals surface area contributed by atoms with Gasteiger partial charge in [0, 0.05) is 32.0 Å². The molecule has 2 aromatic heterocycles. The summed E-state index contributed by atoms with van der Waals surface area (Å²) in [5.74, 6) is 0.946. The SMILES string of the molecule is COc1nc2c(c(C)c1Cl)CN(C(=O)CC1CN(c3cncnc3)C1)C2. The third-order valence-corrected chi connectivity index (χ3v) is 5.57. The topological polar surface area (TPSA) is 71.5 Å². The van der Waals surface area contributed by atoms with E-state index in [1.807, 2.05) is 11.8 Å². The predicted molar refractivity (Wildman–Crippen MR) is 97.1 cm³/mol. The molecule has 2 aromatic rings. The Morgan fingerprint density at radius 1 is 1.31 bits per heavy atom. The fraction of sp³-hybridized carbons (Fsp3) is 0.444. The normalized spacial score (nSPS) is 16.4. The lowest BCUT2D eigenvalue weighted by Gasteiger charge is -2.40. The minimum absolute atomic E-state index is 0.159. The van der Waals surface area contributed by atoms with Crippen molar-refractivity contribution in [2.24, 2.45) is 5.92 Å². The zero-order chi connectivity index (χ0) is 18.3. The molecule has 4 heterocycles. The molecule has 8 heteroatoms. The number of rotatable bonds is 4. The quantitative estimate of drug-likeness (QED) is 0.818. The number of hydrogen-bond acceptors (Lipinski definition) is 6. The van der Waals surface area contributed by atoms with Gasteiger partial charge in [-0.05, 0) is 18.1 Å². The second kappa shape index (κ2) is 6.72. The molecule has 1 saturated heterocycles. The van der Waals surface area contributed by atoms with Gasteiger partial charge < -0.3 is 14.5 Å². The Labute approximate surface area is 157 Å². The Bertz CT molecular complexity index is 839. The first-order valence-corrected chi connectivity index (χ1v) is 8.94. The van der Waals surface area contributed by atoms with Crippen LogP contribution in [0.2, 0.25) is 5.02 Å². The fourth-order valence-electron chi connectivity index (χ4n) is 3.57. The minimum Gasteiger partial charge on any atom is -0.480 e. The van der Waals surface area contributed by atoms with Crippen LogP contribution in [0, 0.1) is 12.8 Å². The van der Waals surface area contributed by atoms with E-state index < -0.39 is 0 Å². The van der Waals surface area contributed by atoms with E-state index in [0.717, 1.165) is 35.6 Å². The van der Waals surface area contributed by atoms with Crippen molar-refractivity contribution in [3.63, 3.8) is 0 Å². The number of nitrogens with zero attached hydrogens (tertiary/aromatic N) is 5. The van der Waals surface area contributed by atoms with Gasteiger partial charge in [-0.2, -0.15) is 0 Å². The van der Waals surface area contributed by atoms with Crippen LogP contribution in [0.25, 0.3) is 0 Å². The van der Waals surface area contributed by atoms with Gasteiger partial charge in [0.25, 0.3) is 0 Å². The molecule has 26 heavy (non-hydrogen) atoms. The molecule has 4 rings (SSSR count). The van der Waals surface area contributed by atoms with Crippen LogP contribution in [0.1, 0.15) is 23.2 Å². The zero-order valence-electron chi connectivity index (χ0n) is 14.8. The summed E-state index contributed by atoms with van der Waals surface area (Å²) in [4.78, 5) is 29.3. The first-order valence-electron chi connectivity index (χ1n) is 8.56. The molecule has 0 bridgehead atoms. The first kappa shape index (κ1) is 17.0. The van der Waals surface area contributed by atoms with E-state index in [4.69, 9.17) is 16.3 Å². The molecule has 1 fully saturated rings. The summed E-state index contributed by atoms with van der Waals surface area (Å²) in [5.41, 5.74) is 3.88. The van der Waals surface area contributed by atoms with E-state index >= 15 is 0 Å². The van der Waals surface area contributed by atoms with E-state index in [2.05, 4.69) is 19.9 Å². The van der Waals surface area contributed by atoms with Crippen molar-refractivity contribution in [1.82, 2.24) is 19.9 Å². The van der Waals surface area contributed by atoms with Crippen molar-refractivity contribution < 1.29 is 9.53 Å². The number of hydrogen-bond donors (Lipinski definition) is 0. The summed E-state index contributed by atoms with van der Waals surface area (Å²) in [6.07, 6.45) is 5.66. The van der Waals surface area contributed by atoms with Crippen molar-refractivity contribution in [2.45, 2.75) is 26.4 Å². The van der Waals surface area contributed by atoms with Gasteiger partial charge in [0.2, 0.25) is 11.8 Å². The van der Waals surface area contributed by atoms with Gasteiger partial charge in [-0.25, -0.2) is 15.0 Å². The van der Waals surface area contributed by atoms with Crippen LogP contribution in [-0.4, -0.2) is 46.0 Å². The molecule has 2 aliphatic rings. The van der Waals surface area contributed by atoms with E-state index in [1.54, 1.807) is 19.5 Å². The molecule has 1 amide bonds. The number of amides is 1. The third kappa shape index (κ3) is 2.96. The van der Waals surface area contributed by atoms with Crippen LogP contribution in [0.4, 0.5) is 5.69 Å². The Hall–Kier alpha value is -2.41. The van der Waals surface area contributed by atoms with Crippen molar-refractivity contribution in [2.75, 3.05) is 25.1 Å². The lowest BCUT2D eigenvalue weighted by Crippen LogP contribution is -2.48. The number of methoxy groups -OCH3 is 1. The Morgan fingerprint density at radius 3 is 2.73 bits per heavy atom. The Balaban J connectivity index is 1.36. The predicted octanol–water partition coefficient (Wildman–Crippen LogP) is 2.21. The molecule has 0 radical (unpaired) electrons. The molecule has 2 aliphatic heterocycles. The number of halogens is 1. The number of carbonyl (C=O) groups is 1. The highest BCUT2D eigenvalue weighted by Crippen LogP contribution is 2.35. The third-order valence-electron chi connectivity index (χ3n) is 5.12. The number of ether oxygens (including phenoxy) is 1. The van der Waals surface area contributed by atoms with Crippen molar-refractivity contribution in [3.05, 3.63) is 40.6 Å². The highest BCUT2D eigenvalue weighted by Gasteiger charge is 2.33. The molecule has 0 aliphatic carbocycles. The maximum absolute atomic E-state index is 12.7. The maximum atomic E-state index is 12.7. The summed E-state index contributed by atoms with van der Waals surface area (Å²) in [5, 5.41) is 0.528. The van der Waals surface area contributed by atoms with Gasteiger partial charge in [0.15, 0.2) is 0 Å². The molecule has 0 unspecified atom stereocenters. The van der Waals surface area contributed by atoms with E-state index in [1.165, 1.54) is 6.33 Å². The van der Waals surface area contributed by atoms with Crippen LogP contribution in [0.3, 0.4) is 0 Å². The van der Waals surface area contributed by atoms with Gasteiger partial charge in [0.1, 0.15) is 11.3 Å². The fourth-order valence-corrected chi connectivity index (χ4v) is 3.80. The highest BCUT2D eigenvalue weighted by molar-refractivity contribution is 6.32. The summed E-state index contributed by atoms with van der Waals surface area (Å²) < 4.78 is 5.23. The van der Waals surface area contributed by atoms with Crippen molar-refractivity contribution >= 4 is 23.2 Å². The van der Waals surface area contributed by atoms with E-state index in [0.29, 0.717) is 36.3 Å². The minimum atomic E-state index is 0.159. The molecule has 7 nitrogen and oxygen atoms in total. The van der Waals surface area contributed by atoms with Gasteiger partial charge in [-0.15, -0.1) is 0 Å². The first-order chi connectivity index (χ1) is 12.6. The molecule has 136 valence electrons. The lowest BCUT2D eigenvalue weighted by molar-refractivity contribution is -0.133. The standard InChI is InChI=1S/C18H20ClN5O2/c1-11-14-8-24(9-15(14)22-18(26-2)17(11)19)16(25)3-12-6-23(7-12)13-4-20-10-21-5-13/h4-5,10,12H,3,6-9H2,1-2H3. The smallest absolute Gasteiger partial charge is 0.232 e. The number of pyridine rings is 1. The monoisotopic (exact) mass is 373 g/mol.